The molecule has 1 aromatic heterocycles. The smallest absolute Gasteiger partial charge is 0.237 e. The average Bonchev–Trinajstić information content (AvgIpc) is 3.28. The van der Waals surface area contributed by atoms with Crippen molar-refractivity contribution in [1.82, 2.24) is 25.0 Å². The van der Waals surface area contributed by atoms with E-state index in [-0.39, 0.29) is 17.8 Å². The number of aromatic nitrogens is 3. The van der Waals surface area contributed by atoms with E-state index in [4.69, 9.17) is 0 Å². The van der Waals surface area contributed by atoms with Gasteiger partial charge in [-0.15, -0.1) is 0 Å². The van der Waals surface area contributed by atoms with Crippen molar-refractivity contribution in [2.75, 3.05) is 13.1 Å². The van der Waals surface area contributed by atoms with Crippen LogP contribution < -0.4 is 5.32 Å². The van der Waals surface area contributed by atoms with Crippen LogP contribution in [0.15, 0.2) is 36.9 Å². The molecule has 1 saturated heterocycles. The molecule has 134 valence electrons. The maximum absolute atomic E-state index is 12.9. The van der Waals surface area contributed by atoms with Gasteiger partial charge in [0.25, 0.3) is 0 Å². The lowest BCUT2D eigenvalue weighted by Gasteiger charge is -2.29. The molecule has 0 spiro atoms. The summed E-state index contributed by atoms with van der Waals surface area (Å²) in [6, 6.07) is 6.51. The molecule has 0 unspecified atom stereocenters. The first-order valence-corrected chi connectivity index (χ1v) is 8.74. The molecule has 1 N–H and O–H groups in total. The second-order valence-corrected chi connectivity index (χ2v) is 6.49. The van der Waals surface area contributed by atoms with Gasteiger partial charge in [0.1, 0.15) is 18.5 Å². The summed E-state index contributed by atoms with van der Waals surface area (Å²) in [7, 11) is 0. The first-order valence-electron chi connectivity index (χ1n) is 8.74. The number of rotatable bonds is 7. The van der Waals surface area contributed by atoms with Gasteiger partial charge < -0.3 is 5.32 Å². The molecule has 0 aliphatic carbocycles. The van der Waals surface area contributed by atoms with E-state index in [2.05, 4.69) is 20.3 Å². The Bertz CT molecular complexity index is 673. The van der Waals surface area contributed by atoms with Crippen molar-refractivity contribution in [2.24, 2.45) is 0 Å². The molecule has 6 nitrogen and oxygen atoms in total. The maximum Gasteiger partial charge on any atom is 0.237 e. The number of nitrogens with one attached hydrogen (secondary N) is 1. The third-order valence-electron chi connectivity index (χ3n) is 4.79. The summed E-state index contributed by atoms with van der Waals surface area (Å²) < 4.78 is 14.7. The number of amides is 1. The fourth-order valence-corrected chi connectivity index (χ4v) is 3.39. The predicted molar refractivity (Wildman–Crippen MR) is 92.3 cm³/mol. The van der Waals surface area contributed by atoms with E-state index < -0.39 is 0 Å². The van der Waals surface area contributed by atoms with Crippen LogP contribution in [0.2, 0.25) is 0 Å². The minimum absolute atomic E-state index is 0.0348. The van der Waals surface area contributed by atoms with Crippen LogP contribution in [-0.2, 0) is 17.8 Å². The van der Waals surface area contributed by atoms with E-state index in [9.17, 15) is 9.18 Å². The number of hydrogen-bond acceptors (Lipinski definition) is 4. The number of carbonyl (C=O) groups is 1. The minimum atomic E-state index is -0.242. The molecular formula is C18H24FN5O. The van der Waals surface area contributed by atoms with Crippen LogP contribution in [0.3, 0.4) is 0 Å². The third-order valence-corrected chi connectivity index (χ3v) is 4.79. The Hall–Kier alpha value is -2.28. The normalized spacial score (nSPS) is 19.0. The predicted octanol–water partition coefficient (Wildman–Crippen LogP) is 1.63. The SMILES string of the molecule is C[C@@H](C(=O)NCCc1ccc(F)cc1)N1CCC[C@@H]1Cn1cncn1. The summed E-state index contributed by atoms with van der Waals surface area (Å²) in [5, 5.41) is 7.15. The van der Waals surface area contributed by atoms with Gasteiger partial charge in [-0.2, -0.15) is 5.10 Å². The lowest BCUT2D eigenvalue weighted by Crippen LogP contribution is -2.48. The fourth-order valence-electron chi connectivity index (χ4n) is 3.39. The Kier molecular flexibility index (Phi) is 5.75. The highest BCUT2D eigenvalue weighted by Crippen LogP contribution is 2.21. The van der Waals surface area contributed by atoms with Crippen molar-refractivity contribution < 1.29 is 9.18 Å². The first kappa shape index (κ1) is 17.5. The number of hydrogen-bond donors (Lipinski definition) is 1. The van der Waals surface area contributed by atoms with E-state index in [1.807, 2.05) is 11.6 Å². The van der Waals surface area contributed by atoms with E-state index in [1.165, 1.54) is 18.5 Å². The molecule has 1 fully saturated rings. The average molecular weight is 345 g/mol. The molecule has 1 amide bonds. The number of nitrogens with zero attached hydrogens (tertiary/aromatic N) is 4. The van der Waals surface area contributed by atoms with Crippen molar-refractivity contribution in [2.45, 2.75) is 44.8 Å². The molecule has 0 bridgehead atoms. The molecule has 0 radical (unpaired) electrons. The fraction of sp³-hybridized carbons (Fsp3) is 0.500. The highest BCUT2D eigenvalue weighted by atomic mass is 19.1. The van der Waals surface area contributed by atoms with Crippen molar-refractivity contribution in [3.05, 3.63) is 48.3 Å². The molecule has 1 aromatic carbocycles. The second kappa shape index (κ2) is 8.20. The number of halogens is 1. The Morgan fingerprint density at radius 2 is 2.20 bits per heavy atom. The van der Waals surface area contributed by atoms with Crippen LogP contribution in [0, 0.1) is 5.82 Å². The molecule has 2 aromatic rings. The first-order chi connectivity index (χ1) is 12.1. The van der Waals surface area contributed by atoms with Crippen molar-refractivity contribution >= 4 is 5.91 Å². The molecule has 2 heterocycles. The maximum atomic E-state index is 12.9. The van der Waals surface area contributed by atoms with Gasteiger partial charge in [0.05, 0.1) is 12.6 Å². The van der Waals surface area contributed by atoms with Crippen LogP contribution in [-0.4, -0.2) is 50.7 Å². The number of carbonyl (C=O) groups excluding carboxylic acids is 1. The molecule has 0 saturated carbocycles. The summed E-state index contributed by atoms with van der Waals surface area (Å²) >= 11 is 0. The van der Waals surface area contributed by atoms with E-state index in [0.29, 0.717) is 19.0 Å². The van der Waals surface area contributed by atoms with Crippen molar-refractivity contribution in [1.29, 1.82) is 0 Å². The summed E-state index contributed by atoms with van der Waals surface area (Å²) in [5.41, 5.74) is 1.01. The van der Waals surface area contributed by atoms with Gasteiger partial charge >= 0.3 is 0 Å². The zero-order valence-corrected chi connectivity index (χ0v) is 14.4. The Morgan fingerprint density at radius 3 is 2.92 bits per heavy atom. The van der Waals surface area contributed by atoms with Crippen molar-refractivity contribution in [3.63, 3.8) is 0 Å². The van der Waals surface area contributed by atoms with Gasteiger partial charge in [0.15, 0.2) is 0 Å². The number of likely N-dealkylation sites (tertiary alicyclic amines) is 1. The Labute approximate surface area is 147 Å². The van der Waals surface area contributed by atoms with Gasteiger partial charge in [-0.25, -0.2) is 9.37 Å². The van der Waals surface area contributed by atoms with Crippen LogP contribution in [0.5, 0.6) is 0 Å². The summed E-state index contributed by atoms with van der Waals surface area (Å²) in [4.78, 5) is 18.7. The lowest BCUT2D eigenvalue weighted by atomic mass is 10.1. The van der Waals surface area contributed by atoms with Gasteiger partial charge in [-0.3, -0.25) is 14.4 Å². The third kappa shape index (κ3) is 4.63. The Morgan fingerprint density at radius 1 is 1.40 bits per heavy atom. The van der Waals surface area contributed by atoms with Crippen LogP contribution in [0.25, 0.3) is 0 Å². The van der Waals surface area contributed by atoms with Gasteiger partial charge in [0, 0.05) is 12.6 Å². The zero-order valence-electron chi connectivity index (χ0n) is 14.4. The van der Waals surface area contributed by atoms with E-state index in [0.717, 1.165) is 31.5 Å². The number of benzene rings is 1. The van der Waals surface area contributed by atoms with Gasteiger partial charge in [0.2, 0.25) is 5.91 Å². The van der Waals surface area contributed by atoms with Gasteiger partial charge in [-0.05, 0) is 50.4 Å². The monoisotopic (exact) mass is 345 g/mol. The highest BCUT2D eigenvalue weighted by Gasteiger charge is 2.32. The Balaban J connectivity index is 1.48. The molecular weight excluding hydrogens is 321 g/mol. The van der Waals surface area contributed by atoms with Crippen LogP contribution in [0.1, 0.15) is 25.3 Å². The van der Waals surface area contributed by atoms with E-state index >= 15 is 0 Å². The zero-order chi connectivity index (χ0) is 17.6. The molecule has 7 heteroatoms. The molecule has 3 rings (SSSR count). The van der Waals surface area contributed by atoms with Crippen LogP contribution >= 0.6 is 0 Å². The van der Waals surface area contributed by atoms with Gasteiger partial charge in [-0.1, -0.05) is 12.1 Å². The van der Waals surface area contributed by atoms with Crippen LogP contribution in [0.4, 0.5) is 4.39 Å². The topological polar surface area (TPSA) is 63.1 Å². The second-order valence-electron chi connectivity index (χ2n) is 6.49. The summed E-state index contributed by atoms with van der Waals surface area (Å²) in [6.45, 7) is 4.18. The lowest BCUT2D eigenvalue weighted by molar-refractivity contribution is -0.126. The van der Waals surface area contributed by atoms with E-state index in [1.54, 1.807) is 18.5 Å². The summed E-state index contributed by atoms with van der Waals surface area (Å²) in [6.07, 6.45) is 6.09. The molecule has 1 aliphatic rings. The quantitative estimate of drug-likeness (QED) is 0.828. The van der Waals surface area contributed by atoms with Crippen molar-refractivity contribution in [3.8, 4) is 0 Å². The molecule has 2 atom stereocenters. The highest BCUT2D eigenvalue weighted by molar-refractivity contribution is 5.81. The molecule has 1 aliphatic heterocycles. The summed E-state index contributed by atoms with van der Waals surface area (Å²) in [5.74, 6) is -0.207. The largest absolute Gasteiger partial charge is 0.354 e. The minimum Gasteiger partial charge on any atom is -0.354 e. The standard InChI is InChI=1S/C18H24FN5O/c1-14(18(25)21-9-8-15-4-6-16(19)7-5-15)24-10-2-3-17(24)11-23-13-20-12-22-23/h4-7,12-14,17H,2-3,8-11H2,1H3,(H,21,25)/t14-,17+/m0/s1. The molecule has 25 heavy (non-hydrogen) atoms.